The number of aliphatic hydroxyl groups is 4. The van der Waals surface area contributed by atoms with E-state index >= 15 is 0 Å². The summed E-state index contributed by atoms with van der Waals surface area (Å²) in [5, 5.41) is 50.1. The Morgan fingerprint density at radius 3 is 1.98 bits per heavy atom. The molecule has 1 fully saturated rings. The molecule has 1 saturated heterocycles. The Kier molecular flexibility index (Phi) is 12.3. The second-order valence-electron chi connectivity index (χ2n) is 16.4. The number of benzene rings is 3. The number of fused-ring (bicyclic) bond motifs is 2. The normalized spacial score (nSPS) is 29.5. The van der Waals surface area contributed by atoms with Crippen LogP contribution in [0.3, 0.4) is 0 Å². The van der Waals surface area contributed by atoms with E-state index < -0.39 is 101 Å². The van der Waals surface area contributed by atoms with E-state index in [2.05, 4.69) is 5.32 Å². The van der Waals surface area contributed by atoms with Crippen molar-refractivity contribution in [1.29, 1.82) is 0 Å². The fourth-order valence-electron chi connectivity index (χ4n) is 9.20. The summed E-state index contributed by atoms with van der Waals surface area (Å²) < 4.78 is 24.4. The van der Waals surface area contributed by atoms with Gasteiger partial charge in [-0.05, 0) is 61.7 Å². The molecule has 6 rings (SSSR count). The first kappa shape index (κ1) is 43.9. The Morgan fingerprint density at radius 2 is 1.45 bits per heavy atom. The van der Waals surface area contributed by atoms with Gasteiger partial charge in [-0.15, -0.1) is 0 Å². The van der Waals surface area contributed by atoms with Gasteiger partial charge in [-0.2, -0.15) is 0 Å². The monoisotopic (exact) mass is 825 g/mol. The third kappa shape index (κ3) is 7.31. The summed E-state index contributed by atoms with van der Waals surface area (Å²) in [5.74, 6) is -5.26. The lowest BCUT2D eigenvalue weighted by atomic mass is 9.48. The third-order valence-corrected chi connectivity index (χ3v) is 12.8. The maximum atomic E-state index is 14.7. The number of Topliss-reactive ketones (excluding diaryl/α,β-unsaturated/α-hetero) is 1. The molecule has 0 aromatic heterocycles. The standard InChI is InChI=1S/C46H51NO13/c1-26-32(58-41(55)38(52)35(29-16-10-7-11-17-29)47-39(53)30-18-12-8-13-19-30)24-45(56)42(59-40(54)31-20-14-9-15-21-31)44(6,27(2)36(50)37(51)34(26)43(45,4)5)46(60-28(3)49)25-57-33(46)22-23-48/h7-21,32-33,35,38,42,48,50,52,56H,22-25H2,1-6H3,(H,47,53)/b36-27+/t32-,33+,35-,38+,42-,44+,45+,46-/m0/s1. The number of aliphatic hydroxyl groups excluding tert-OH is 3. The molecule has 3 aromatic rings. The van der Waals surface area contributed by atoms with Crippen LogP contribution in [0.15, 0.2) is 113 Å². The van der Waals surface area contributed by atoms with Gasteiger partial charge in [-0.25, -0.2) is 9.59 Å². The Hall–Kier alpha value is -5.67. The molecule has 3 aliphatic rings. The largest absolute Gasteiger partial charge is 0.504 e. The van der Waals surface area contributed by atoms with Crippen LogP contribution in [0.25, 0.3) is 0 Å². The predicted octanol–water partition coefficient (Wildman–Crippen LogP) is 4.64. The number of carbonyl (C=O) groups excluding carboxylic acids is 5. The minimum Gasteiger partial charge on any atom is -0.504 e. The van der Waals surface area contributed by atoms with E-state index in [1.807, 2.05) is 0 Å². The number of hydrogen-bond acceptors (Lipinski definition) is 13. The van der Waals surface area contributed by atoms with Crippen molar-refractivity contribution < 1.29 is 63.3 Å². The molecule has 3 aromatic carbocycles. The van der Waals surface area contributed by atoms with Gasteiger partial charge in [-0.3, -0.25) is 14.4 Å². The number of allylic oxidation sites excluding steroid dienone is 1. The van der Waals surface area contributed by atoms with Crippen LogP contribution in [-0.4, -0.2) is 98.9 Å². The second kappa shape index (κ2) is 16.8. The van der Waals surface area contributed by atoms with Crippen LogP contribution in [0.2, 0.25) is 0 Å². The third-order valence-electron chi connectivity index (χ3n) is 12.8. The smallest absolute Gasteiger partial charge is 0.338 e. The van der Waals surface area contributed by atoms with E-state index in [1.165, 1.54) is 46.8 Å². The van der Waals surface area contributed by atoms with Crippen LogP contribution < -0.4 is 5.32 Å². The first-order chi connectivity index (χ1) is 28.3. The molecule has 5 N–H and O–H groups in total. The van der Waals surface area contributed by atoms with Gasteiger partial charge in [0.1, 0.15) is 23.9 Å². The van der Waals surface area contributed by atoms with Crippen LogP contribution in [0.4, 0.5) is 0 Å². The molecule has 1 aliphatic heterocycles. The average Bonchev–Trinajstić information content (AvgIpc) is 3.23. The Morgan fingerprint density at radius 1 is 0.883 bits per heavy atom. The highest BCUT2D eigenvalue weighted by molar-refractivity contribution is 6.09. The Labute approximate surface area is 347 Å². The highest BCUT2D eigenvalue weighted by atomic mass is 16.6. The molecular formula is C46H51NO13. The number of nitrogens with one attached hydrogen (secondary N) is 1. The number of ketones is 1. The SMILES string of the molecule is CC(=O)O[C@@]1([C@]2(C)/C(C)=C(/O)C(=O)C3=C(C)[C@@H](OC(=O)[C@H](O)[C@@H](NC(=O)c4ccccc4)c4ccccc4)C[C@@](O)([C@H]2OC(=O)c2ccccc2)C3(C)C)CO[C@@H]1CCO. The summed E-state index contributed by atoms with van der Waals surface area (Å²) in [7, 11) is 0. The van der Waals surface area contributed by atoms with Crippen LogP contribution in [0, 0.1) is 10.8 Å². The van der Waals surface area contributed by atoms with Gasteiger partial charge in [0.15, 0.2) is 17.5 Å². The average molecular weight is 826 g/mol. The zero-order valence-electron chi connectivity index (χ0n) is 34.3. The van der Waals surface area contributed by atoms with Crippen LogP contribution in [0.5, 0.6) is 0 Å². The highest BCUT2D eigenvalue weighted by Crippen LogP contribution is 2.63. The van der Waals surface area contributed by atoms with Crippen molar-refractivity contribution in [2.24, 2.45) is 10.8 Å². The number of rotatable bonds is 12. The molecule has 14 heteroatoms. The molecular weight excluding hydrogens is 774 g/mol. The summed E-state index contributed by atoms with van der Waals surface area (Å²) in [6.07, 6.45) is -7.00. The van der Waals surface area contributed by atoms with Gasteiger partial charge < -0.3 is 44.7 Å². The number of ether oxygens (including phenoxy) is 4. The lowest BCUT2D eigenvalue weighted by Gasteiger charge is -2.64. The van der Waals surface area contributed by atoms with Crippen LogP contribution in [-0.2, 0) is 33.3 Å². The molecule has 0 radical (unpaired) electrons. The molecule has 14 nitrogen and oxygen atoms in total. The lowest BCUT2D eigenvalue weighted by molar-refractivity contribution is -0.321. The zero-order valence-corrected chi connectivity index (χ0v) is 34.3. The molecule has 0 saturated carbocycles. The van der Waals surface area contributed by atoms with Gasteiger partial charge in [0, 0.05) is 42.9 Å². The Balaban J connectivity index is 1.50. The zero-order chi connectivity index (χ0) is 43.8. The van der Waals surface area contributed by atoms with E-state index in [9.17, 15) is 44.4 Å². The molecule has 2 bridgehead atoms. The quantitative estimate of drug-likeness (QED) is 0.125. The van der Waals surface area contributed by atoms with Crippen molar-refractivity contribution in [3.8, 4) is 0 Å². The molecule has 1 amide bonds. The number of carbonyl (C=O) groups is 5. The molecule has 2 aliphatic carbocycles. The molecule has 1 heterocycles. The van der Waals surface area contributed by atoms with Crippen molar-refractivity contribution >= 4 is 29.6 Å². The number of amides is 1. The fraction of sp³-hybridized carbons (Fsp3) is 0.413. The lowest BCUT2D eigenvalue weighted by Crippen LogP contribution is -2.78. The highest BCUT2D eigenvalue weighted by Gasteiger charge is 2.75. The summed E-state index contributed by atoms with van der Waals surface area (Å²) in [6, 6.07) is 23.0. The van der Waals surface area contributed by atoms with Crippen molar-refractivity contribution in [3.05, 3.63) is 130 Å². The van der Waals surface area contributed by atoms with Gasteiger partial charge in [0.25, 0.3) is 5.91 Å². The maximum absolute atomic E-state index is 14.7. The molecule has 318 valence electrons. The van der Waals surface area contributed by atoms with E-state index in [4.69, 9.17) is 18.9 Å². The topological polar surface area (TPSA) is 215 Å². The first-order valence-corrected chi connectivity index (χ1v) is 19.7. The molecule has 0 spiro atoms. The van der Waals surface area contributed by atoms with Gasteiger partial charge in [0.2, 0.25) is 5.78 Å². The van der Waals surface area contributed by atoms with Crippen LogP contribution in [0.1, 0.15) is 86.7 Å². The summed E-state index contributed by atoms with van der Waals surface area (Å²) in [4.78, 5) is 69.5. The van der Waals surface area contributed by atoms with E-state index in [0.717, 1.165) is 6.92 Å². The maximum Gasteiger partial charge on any atom is 0.338 e. The minimum atomic E-state index is -2.39. The van der Waals surface area contributed by atoms with Gasteiger partial charge in [0.05, 0.1) is 23.6 Å². The molecule has 0 unspecified atom stereocenters. The van der Waals surface area contributed by atoms with E-state index in [0.29, 0.717) is 5.56 Å². The predicted molar refractivity (Wildman–Crippen MR) is 215 cm³/mol. The molecule has 8 atom stereocenters. The summed E-state index contributed by atoms with van der Waals surface area (Å²) in [5.41, 5.74) is -7.30. The van der Waals surface area contributed by atoms with Crippen LogP contribution >= 0.6 is 0 Å². The van der Waals surface area contributed by atoms with E-state index in [-0.39, 0.29) is 40.9 Å². The van der Waals surface area contributed by atoms with Crippen molar-refractivity contribution in [2.75, 3.05) is 13.2 Å². The second-order valence-corrected chi connectivity index (χ2v) is 16.4. The van der Waals surface area contributed by atoms with Crippen molar-refractivity contribution in [1.82, 2.24) is 5.32 Å². The van der Waals surface area contributed by atoms with Crippen molar-refractivity contribution in [3.63, 3.8) is 0 Å². The summed E-state index contributed by atoms with van der Waals surface area (Å²) in [6.45, 7) is 7.82. The fourth-order valence-corrected chi connectivity index (χ4v) is 9.20. The number of esters is 3. The molecule has 60 heavy (non-hydrogen) atoms. The van der Waals surface area contributed by atoms with E-state index in [1.54, 1.807) is 78.9 Å². The van der Waals surface area contributed by atoms with Gasteiger partial charge >= 0.3 is 17.9 Å². The Bertz CT molecular complexity index is 2200. The van der Waals surface area contributed by atoms with Crippen molar-refractivity contribution in [2.45, 2.75) is 96.0 Å². The first-order valence-electron chi connectivity index (χ1n) is 19.7. The van der Waals surface area contributed by atoms with Gasteiger partial charge in [-0.1, -0.05) is 80.6 Å². The number of hydrogen-bond donors (Lipinski definition) is 5. The summed E-state index contributed by atoms with van der Waals surface area (Å²) >= 11 is 0. The minimum absolute atomic E-state index is 0.0851.